The molecule has 0 N–H and O–H groups in total. The van der Waals surface area contributed by atoms with E-state index in [1.807, 2.05) is 0 Å². The number of rotatable bonds is 2. The van der Waals surface area contributed by atoms with Gasteiger partial charge in [-0.15, -0.1) is 0 Å². The highest BCUT2D eigenvalue weighted by Crippen LogP contribution is 2.39. The van der Waals surface area contributed by atoms with Gasteiger partial charge in [-0.05, 0) is 44.2 Å². The Balaban J connectivity index is 1.99. The zero-order chi connectivity index (χ0) is 16.8. The van der Waals surface area contributed by atoms with Crippen LogP contribution in [0.1, 0.15) is 42.8 Å². The molecule has 0 unspecified atom stereocenters. The van der Waals surface area contributed by atoms with Crippen molar-refractivity contribution in [1.29, 1.82) is 0 Å². The van der Waals surface area contributed by atoms with Crippen molar-refractivity contribution in [2.75, 3.05) is 0 Å². The zero-order valence-electron chi connectivity index (χ0n) is 12.6. The number of aromatic nitrogens is 2. The molecule has 3 rings (SSSR count). The molecule has 0 bridgehead atoms. The number of hydrogen-bond acceptors (Lipinski definition) is 1. The lowest BCUT2D eigenvalue weighted by Crippen LogP contribution is -2.26. The average Bonchev–Trinajstić information content (AvgIpc) is 2.81. The van der Waals surface area contributed by atoms with Crippen molar-refractivity contribution in [3.8, 4) is 0 Å². The summed E-state index contributed by atoms with van der Waals surface area (Å²) in [4.78, 5) is 3.73. The molecule has 23 heavy (non-hydrogen) atoms. The molecule has 0 amide bonds. The zero-order valence-corrected chi connectivity index (χ0v) is 12.6. The summed E-state index contributed by atoms with van der Waals surface area (Å²) in [6, 6.07) is 4.90. The highest BCUT2D eigenvalue weighted by Gasteiger charge is 2.40. The second kappa shape index (κ2) is 5.46. The molecule has 2 aromatic rings. The predicted octanol–water partition coefficient (Wildman–Crippen LogP) is 5.03. The van der Waals surface area contributed by atoms with Gasteiger partial charge in [0, 0.05) is 18.5 Å². The van der Waals surface area contributed by atoms with Gasteiger partial charge < -0.3 is 4.40 Å². The molecule has 0 radical (unpaired) electrons. The Hall–Kier alpha value is -1.66. The fourth-order valence-corrected chi connectivity index (χ4v) is 3.32. The van der Waals surface area contributed by atoms with Crippen molar-refractivity contribution in [3.05, 3.63) is 35.3 Å². The molecule has 2 heterocycles. The number of aryl methyl sites for hydroxylation is 1. The van der Waals surface area contributed by atoms with Gasteiger partial charge in [0.05, 0.1) is 5.69 Å². The quantitative estimate of drug-likeness (QED) is 0.705. The first-order valence-electron chi connectivity index (χ1n) is 7.59. The number of fused-ring (bicyclic) bond motifs is 1. The van der Waals surface area contributed by atoms with Crippen molar-refractivity contribution in [2.24, 2.45) is 5.92 Å². The van der Waals surface area contributed by atoms with E-state index in [1.165, 1.54) is 10.5 Å². The lowest BCUT2D eigenvalue weighted by atomic mass is 9.83. The van der Waals surface area contributed by atoms with E-state index in [1.54, 1.807) is 19.1 Å². The Morgan fingerprint density at radius 2 is 1.87 bits per heavy atom. The minimum Gasteiger partial charge on any atom is -0.301 e. The summed E-state index contributed by atoms with van der Waals surface area (Å²) in [6.45, 7) is 1.72. The topological polar surface area (TPSA) is 17.3 Å². The van der Waals surface area contributed by atoms with Crippen LogP contribution in [0.2, 0.25) is 0 Å². The van der Waals surface area contributed by atoms with Crippen LogP contribution < -0.4 is 0 Å². The summed E-state index contributed by atoms with van der Waals surface area (Å²) < 4.78 is 67.9. The molecular formula is C16H17F5N2. The number of hydrogen-bond donors (Lipinski definition) is 0. The largest absolute Gasteiger partial charge is 0.435 e. The molecule has 1 aliphatic rings. The van der Waals surface area contributed by atoms with Gasteiger partial charge in [0.25, 0.3) is 0 Å². The van der Waals surface area contributed by atoms with Gasteiger partial charge in [-0.25, -0.2) is 13.8 Å². The van der Waals surface area contributed by atoms with Gasteiger partial charge in [-0.1, -0.05) is 6.07 Å². The first kappa shape index (κ1) is 16.2. The third kappa shape index (κ3) is 3.19. The fraction of sp³-hybridized carbons (Fsp3) is 0.562. The average molecular weight is 332 g/mol. The van der Waals surface area contributed by atoms with Crippen LogP contribution in [0.3, 0.4) is 0 Å². The highest BCUT2D eigenvalue weighted by atomic mass is 19.4. The number of halogens is 5. The van der Waals surface area contributed by atoms with Crippen LogP contribution >= 0.6 is 0 Å². The Labute approximate surface area is 130 Å². The van der Waals surface area contributed by atoms with E-state index in [0.29, 0.717) is 5.69 Å². The maximum absolute atomic E-state index is 13.3. The molecule has 0 aromatic carbocycles. The van der Waals surface area contributed by atoms with Gasteiger partial charge in [0.1, 0.15) is 5.65 Å². The molecule has 1 saturated carbocycles. The van der Waals surface area contributed by atoms with Gasteiger partial charge in [0.2, 0.25) is 5.92 Å². The number of pyridine rings is 1. The van der Waals surface area contributed by atoms with Gasteiger partial charge in [-0.3, -0.25) is 0 Å². The third-order valence-corrected chi connectivity index (χ3v) is 4.52. The van der Waals surface area contributed by atoms with E-state index in [0.717, 1.165) is 0 Å². The molecule has 1 fully saturated rings. The van der Waals surface area contributed by atoms with E-state index < -0.39 is 17.8 Å². The van der Waals surface area contributed by atoms with E-state index in [9.17, 15) is 22.0 Å². The minimum absolute atomic E-state index is 0.0841. The number of alkyl halides is 5. The number of imidazole rings is 1. The summed E-state index contributed by atoms with van der Waals surface area (Å²) in [5.41, 5.74) is 0.0834. The monoisotopic (exact) mass is 332 g/mol. The SMILES string of the molecule is Cc1cccc2nc(C(F)(F)F)c(CC3CCC(F)(F)CC3)n12. The van der Waals surface area contributed by atoms with Gasteiger partial charge in [-0.2, -0.15) is 13.2 Å². The molecule has 1 aliphatic carbocycles. The lowest BCUT2D eigenvalue weighted by molar-refractivity contribution is -0.141. The summed E-state index contributed by atoms with van der Waals surface area (Å²) >= 11 is 0. The molecule has 0 aliphatic heterocycles. The van der Waals surface area contributed by atoms with Crippen molar-refractivity contribution in [1.82, 2.24) is 9.38 Å². The normalized spacial score (nSPS) is 19.4. The predicted molar refractivity (Wildman–Crippen MR) is 75.5 cm³/mol. The van der Waals surface area contributed by atoms with Crippen LogP contribution in [0.15, 0.2) is 18.2 Å². The van der Waals surface area contributed by atoms with E-state index in [4.69, 9.17) is 0 Å². The third-order valence-electron chi connectivity index (χ3n) is 4.52. The fourth-order valence-electron chi connectivity index (χ4n) is 3.32. The van der Waals surface area contributed by atoms with Crippen LogP contribution in [0.25, 0.3) is 5.65 Å². The number of nitrogens with zero attached hydrogens (tertiary/aromatic N) is 2. The second-order valence-corrected chi connectivity index (χ2v) is 6.27. The minimum atomic E-state index is -4.55. The van der Waals surface area contributed by atoms with E-state index in [-0.39, 0.29) is 49.4 Å². The van der Waals surface area contributed by atoms with Crippen molar-refractivity contribution in [2.45, 2.75) is 51.1 Å². The first-order chi connectivity index (χ1) is 10.7. The molecule has 0 saturated heterocycles. The Kier molecular flexibility index (Phi) is 3.84. The van der Waals surface area contributed by atoms with E-state index >= 15 is 0 Å². The lowest BCUT2D eigenvalue weighted by Gasteiger charge is -2.28. The molecule has 0 atom stereocenters. The molecule has 0 spiro atoms. The molecule has 126 valence electrons. The summed E-state index contributed by atoms with van der Waals surface area (Å²) in [7, 11) is 0. The van der Waals surface area contributed by atoms with Crippen LogP contribution in [0.4, 0.5) is 22.0 Å². The van der Waals surface area contributed by atoms with Crippen LogP contribution in [-0.4, -0.2) is 15.3 Å². The van der Waals surface area contributed by atoms with Crippen LogP contribution in [0, 0.1) is 12.8 Å². The maximum Gasteiger partial charge on any atom is 0.435 e. The van der Waals surface area contributed by atoms with Crippen LogP contribution in [0.5, 0.6) is 0 Å². The van der Waals surface area contributed by atoms with E-state index in [2.05, 4.69) is 4.98 Å². The first-order valence-corrected chi connectivity index (χ1v) is 7.59. The Bertz CT molecular complexity index is 707. The van der Waals surface area contributed by atoms with Crippen molar-refractivity contribution >= 4 is 5.65 Å². The molecule has 2 aromatic heterocycles. The standard InChI is InChI=1S/C16H17F5N2/c1-10-3-2-4-13-22-14(16(19,20)21)12(23(10)13)9-11-5-7-15(17,18)8-6-11/h2-4,11H,5-9H2,1H3. The van der Waals surface area contributed by atoms with Crippen LogP contribution in [-0.2, 0) is 12.6 Å². The summed E-state index contributed by atoms with van der Waals surface area (Å²) in [5, 5.41) is 0. The van der Waals surface area contributed by atoms with Crippen molar-refractivity contribution < 1.29 is 22.0 Å². The maximum atomic E-state index is 13.3. The molecule has 2 nitrogen and oxygen atoms in total. The smallest absolute Gasteiger partial charge is 0.301 e. The summed E-state index contributed by atoms with van der Waals surface area (Å²) in [5.74, 6) is -2.85. The Morgan fingerprint density at radius 3 is 2.48 bits per heavy atom. The van der Waals surface area contributed by atoms with Crippen molar-refractivity contribution in [3.63, 3.8) is 0 Å². The molecule has 7 heteroatoms. The molecular weight excluding hydrogens is 315 g/mol. The highest BCUT2D eigenvalue weighted by molar-refractivity contribution is 5.46. The van der Waals surface area contributed by atoms with Gasteiger partial charge in [0.15, 0.2) is 5.69 Å². The van der Waals surface area contributed by atoms with Gasteiger partial charge >= 0.3 is 6.18 Å². The second-order valence-electron chi connectivity index (χ2n) is 6.27. The Morgan fingerprint density at radius 1 is 1.22 bits per heavy atom. The summed E-state index contributed by atoms with van der Waals surface area (Å²) in [6.07, 6.45) is -4.46.